The van der Waals surface area contributed by atoms with Crippen molar-refractivity contribution in [2.45, 2.75) is 33.1 Å². The van der Waals surface area contributed by atoms with E-state index in [1.54, 1.807) is 13.8 Å². The van der Waals surface area contributed by atoms with E-state index in [4.69, 9.17) is 5.11 Å². The van der Waals surface area contributed by atoms with Gasteiger partial charge in [-0.3, -0.25) is 4.79 Å². The summed E-state index contributed by atoms with van der Waals surface area (Å²) in [7, 11) is 0. The van der Waals surface area contributed by atoms with Gasteiger partial charge in [0.1, 0.15) is 11.2 Å². The Morgan fingerprint density at radius 2 is 1.71 bits per heavy atom. The molecule has 0 aliphatic carbocycles. The summed E-state index contributed by atoms with van der Waals surface area (Å²) in [6.07, 6.45) is 0. The lowest BCUT2D eigenvalue weighted by Crippen LogP contribution is -2.31. The number of carboxylic acids is 1. The molecule has 0 aliphatic rings. The van der Waals surface area contributed by atoms with Crippen molar-refractivity contribution in [3.63, 3.8) is 0 Å². The first-order valence-corrected chi connectivity index (χ1v) is 4.40. The SMILES string of the molecule is Cc1cc(C)nc(C(C)(C)C(=O)O)n1. The average Bonchev–Trinajstić information content (AvgIpc) is 2.01. The zero-order valence-corrected chi connectivity index (χ0v) is 8.83. The highest BCUT2D eigenvalue weighted by molar-refractivity contribution is 5.78. The standard InChI is InChI=1S/C10H14N2O2/c1-6-5-7(2)12-8(11-6)10(3,4)9(13)14/h5H,1-4H3,(H,13,14). The van der Waals surface area contributed by atoms with Gasteiger partial charge in [-0.05, 0) is 33.8 Å². The number of carbonyl (C=O) groups is 1. The van der Waals surface area contributed by atoms with Crippen LogP contribution in [0.25, 0.3) is 0 Å². The Morgan fingerprint density at radius 3 is 2.07 bits per heavy atom. The fraction of sp³-hybridized carbons (Fsp3) is 0.500. The van der Waals surface area contributed by atoms with Crippen LogP contribution in [0.5, 0.6) is 0 Å². The molecule has 0 aromatic carbocycles. The minimum Gasteiger partial charge on any atom is -0.481 e. The Labute approximate surface area is 83.0 Å². The summed E-state index contributed by atoms with van der Waals surface area (Å²) in [6, 6.07) is 1.82. The van der Waals surface area contributed by atoms with E-state index in [1.165, 1.54) is 0 Å². The summed E-state index contributed by atoms with van der Waals surface area (Å²) >= 11 is 0. The van der Waals surface area contributed by atoms with Crippen LogP contribution < -0.4 is 0 Å². The van der Waals surface area contributed by atoms with E-state index in [9.17, 15) is 4.79 Å². The van der Waals surface area contributed by atoms with Crippen molar-refractivity contribution in [2.24, 2.45) is 0 Å². The van der Waals surface area contributed by atoms with Gasteiger partial charge in [0.05, 0.1) is 0 Å². The number of rotatable bonds is 2. The van der Waals surface area contributed by atoms with Crippen LogP contribution in [0.1, 0.15) is 31.1 Å². The van der Waals surface area contributed by atoms with E-state index in [1.807, 2.05) is 19.9 Å². The second kappa shape index (κ2) is 3.36. The summed E-state index contributed by atoms with van der Waals surface area (Å²) in [6.45, 7) is 6.86. The van der Waals surface area contributed by atoms with Crippen LogP contribution in [0.15, 0.2) is 6.07 Å². The molecule has 76 valence electrons. The number of hydrogen-bond donors (Lipinski definition) is 1. The molecular formula is C10H14N2O2. The Bertz CT molecular complexity index is 352. The lowest BCUT2D eigenvalue weighted by molar-refractivity contribution is -0.142. The van der Waals surface area contributed by atoms with Gasteiger partial charge in [-0.25, -0.2) is 9.97 Å². The summed E-state index contributed by atoms with van der Waals surface area (Å²) in [4.78, 5) is 19.2. The zero-order valence-electron chi connectivity index (χ0n) is 8.83. The Kier molecular flexibility index (Phi) is 2.55. The Hall–Kier alpha value is -1.45. The third kappa shape index (κ3) is 1.89. The fourth-order valence-corrected chi connectivity index (χ4v) is 1.10. The van der Waals surface area contributed by atoms with Crippen molar-refractivity contribution in [1.82, 2.24) is 9.97 Å². The predicted octanol–water partition coefficient (Wildman–Crippen LogP) is 1.46. The van der Waals surface area contributed by atoms with Crippen molar-refractivity contribution in [3.05, 3.63) is 23.3 Å². The molecule has 0 radical (unpaired) electrons. The first kappa shape index (κ1) is 10.6. The van der Waals surface area contributed by atoms with E-state index in [2.05, 4.69) is 9.97 Å². The van der Waals surface area contributed by atoms with Gasteiger partial charge in [-0.2, -0.15) is 0 Å². The van der Waals surface area contributed by atoms with Gasteiger partial charge in [0.25, 0.3) is 0 Å². The maximum atomic E-state index is 11.0. The van der Waals surface area contributed by atoms with Crippen LogP contribution in [0.4, 0.5) is 0 Å². The molecule has 1 aromatic heterocycles. The van der Waals surface area contributed by atoms with Crippen molar-refractivity contribution in [3.8, 4) is 0 Å². The van der Waals surface area contributed by atoms with E-state index in [0.29, 0.717) is 5.82 Å². The molecule has 1 heterocycles. The maximum absolute atomic E-state index is 11.0. The number of aliphatic carboxylic acids is 1. The monoisotopic (exact) mass is 194 g/mol. The first-order chi connectivity index (χ1) is 6.34. The largest absolute Gasteiger partial charge is 0.481 e. The van der Waals surface area contributed by atoms with Gasteiger partial charge >= 0.3 is 5.97 Å². The predicted molar refractivity (Wildman–Crippen MR) is 52.2 cm³/mol. The van der Waals surface area contributed by atoms with Crippen molar-refractivity contribution < 1.29 is 9.90 Å². The molecule has 4 heteroatoms. The summed E-state index contributed by atoms with van der Waals surface area (Å²) in [5, 5.41) is 9.00. The molecule has 0 bridgehead atoms. The molecule has 0 saturated carbocycles. The number of aromatic nitrogens is 2. The molecule has 0 saturated heterocycles. The van der Waals surface area contributed by atoms with E-state index in [0.717, 1.165) is 11.4 Å². The van der Waals surface area contributed by atoms with Crippen LogP contribution in [0.2, 0.25) is 0 Å². The molecule has 1 rings (SSSR count). The summed E-state index contributed by atoms with van der Waals surface area (Å²) in [5.74, 6) is -0.551. The molecule has 14 heavy (non-hydrogen) atoms. The van der Waals surface area contributed by atoms with Crippen LogP contribution >= 0.6 is 0 Å². The highest BCUT2D eigenvalue weighted by atomic mass is 16.4. The number of aryl methyl sites for hydroxylation is 2. The Balaban J connectivity index is 3.25. The van der Waals surface area contributed by atoms with Gasteiger partial charge in [0.15, 0.2) is 0 Å². The van der Waals surface area contributed by atoms with Gasteiger partial charge < -0.3 is 5.11 Å². The second-order valence-electron chi connectivity index (χ2n) is 3.90. The molecule has 0 atom stereocenters. The van der Waals surface area contributed by atoms with Crippen LogP contribution in [0.3, 0.4) is 0 Å². The third-order valence-corrected chi connectivity index (χ3v) is 2.08. The van der Waals surface area contributed by atoms with Crippen LogP contribution in [-0.4, -0.2) is 21.0 Å². The van der Waals surface area contributed by atoms with E-state index >= 15 is 0 Å². The molecule has 0 spiro atoms. The van der Waals surface area contributed by atoms with Gasteiger partial charge in [-0.1, -0.05) is 0 Å². The first-order valence-electron chi connectivity index (χ1n) is 4.40. The van der Waals surface area contributed by atoms with Crippen molar-refractivity contribution in [2.75, 3.05) is 0 Å². The van der Waals surface area contributed by atoms with Gasteiger partial charge in [-0.15, -0.1) is 0 Å². The maximum Gasteiger partial charge on any atom is 0.316 e. The van der Waals surface area contributed by atoms with Gasteiger partial charge in [0, 0.05) is 11.4 Å². The van der Waals surface area contributed by atoms with E-state index < -0.39 is 11.4 Å². The molecular weight excluding hydrogens is 180 g/mol. The van der Waals surface area contributed by atoms with Gasteiger partial charge in [0.2, 0.25) is 0 Å². The lowest BCUT2D eigenvalue weighted by atomic mass is 9.92. The topological polar surface area (TPSA) is 63.1 Å². The zero-order chi connectivity index (χ0) is 10.9. The average molecular weight is 194 g/mol. The smallest absolute Gasteiger partial charge is 0.316 e. The quantitative estimate of drug-likeness (QED) is 0.774. The second-order valence-corrected chi connectivity index (χ2v) is 3.90. The van der Waals surface area contributed by atoms with Crippen LogP contribution in [0, 0.1) is 13.8 Å². The highest BCUT2D eigenvalue weighted by Gasteiger charge is 2.32. The molecule has 0 fully saturated rings. The molecule has 0 aliphatic heterocycles. The summed E-state index contributed by atoms with van der Waals surface area (Å²) in [5.41, 5.74) is 0.556. The van der Waals surface area contributed by atoms with Crippen LogP contribution in [-0.2, 0) is 10.2 Å². The molecule has 0 unspecified atom stereocenters. The molecule has 4 nitrogen and oxygen atoms in total. The normalized spacial score (nSPS) is 11.4. The third-order valence-electron chi connectivity index (χ3n) is 2.08. The molecule has 1 N–H and O–H groups in total. The van der Waals surface area contributed by atoms with Crippen molar-refractivity contribution in [1.29, 1.82) is 0 Å². The highest BCUT2D eigenvalue weighted by Crippen LogP contribution is 2.20. The molecule has 0 amide bonds. The molecule has 1 aromatic rings. The minimum absolute atomic E-state index is 0.363. The number of nitrogens with zero attached hydrogens (tertiary/aromatic N) is 2. The summed E-state index contributed by atoms with van der Waals surface area (Å²) < 4.78 is 0. The fourth-order valence-electron chi connectivity index (χ4n) is 1.10. The number of hydrogen-bond acceptors (Lipinski definition) is 3. The number of carboxylic acid groups (broad SMARTS) is 1. The van der Waals surface area contributed by atoms with E-state index in [-0.39, 0.29) is 0 Å². The Morgan fingerprint density at radius 1 is 1.29 bits per heavy atom. The van der Waals surface area contributed by atoms with Crippen molar-refractivity contribution >= 4 is 5.97 Å². The minimum atomic E-state index is -1.03. The lowest BCUT2D eigenvalue weighted by Gasteiger charge is -2.17.